The Morgan fingerprint density at radius 2 is 1.95 bits per heavy atom. The van der Waals surface area contributed by atoms with Crippen LogP contribution in [0.25, 0.3) is 0 Å². The standard InChI is InChI=1S/C16H20ClIN2O2/c17-9-3-6-15(21)19-12-7-10-20(11-8-12)16(22)13-4-1-2-5-14(13)18/h1-2,4-5,12H,3,6-11H2,(H,19,21). The second-order valence-corrected chi connectivity index (χ2v) is 6.95. The highest BCUT2D eigenvalue weighted by molar-refractivity contribution is 14.1. The highest BCUT2D eigenvalue weighted by Gasteiger charge is 2.25. The molecule has 1 aromatic carbocycles. The van der Waals surface area contributed by atoms with Crippen LogP contribution in [-0.4, -0.2) is 41.7 Å². The lowest BCUT2D eigenvalue weighted by atomic mass is 10.0. The van der Waals surface area contributed by atoms with Gasteiger partial charge in [-0.2, -0.15) is 0 Å². The fourth-order valence-electron chi connectivity index (χ4n) is 2.56. The van der Waals surface area contributed by atoms with Crippen molar-refractivity contribution in [3.8, 4) is 0 Å². The summed E-state index contributed by atoms with van der Waals surface area (Å²) in [5.74, 6) is 0.649. The molecule has 1 aliphatic rings. The summed E-state index contributed by atoms with van der Waals surface area (Å²) in [6, 6.07) is 7.80. The molecule has 2 amide bonds. The van der Waals surface area contributed by atoms with Gasteiger partial charge in [0.15, 0.2) is 0 Å². The molecular formula is C16H20ClIN2O2. The summed E-state index contributed by atoms with van der Waals surface area (Å²) < 4.78 is 0.974. The summed E-state index contributed by atoms with van der Waals surface area (Å²) in [5.41, 5.74) is 0.757. The molecule has 1 N–H and O–H groups in total. The summed E-state index contributed by atoms with van der Waals surface area (Å²) in [7, 11) is 0. The van der Waals surface area contributed by atoms with Gasteiger partial charge in [-0.15, -0.1) is 11.6 Å². The minimum atomic E-state index is 0.0584. The maximum atomic E-state index is 12.5. The molecule has 2 rings (SSSR count). The number of alkyl halides is 1. The van der Waals surface area contributed by atoms with E-state index in [0.29, 0.717) is 31.8 Å². The average Bonchev–Trinajstić information content (AvgIpc) is 2.53. The minimum Gasteiger partial charge on any atom is -0.353 e. The zero-order valence-corrected chi connectivity index (χ0v) is 15.3. The molecule has 0 atom stereocenters. The van der Waals surface area contributed by atoms with Crippen LogP contribution < -0.4 is 5.32 Å². The van der Waals surface area contributed by atoms with Crippen LogP contribution in [0, 0.1) is 3.57 Å². The van der Waals surface area contributed by atoms with Gasteiger partial charge >= 0.3 is 0 Å². The van der Waals surface area contributed by atoms with E-state index in [4.69, 9.17) is 11.6 Å². The zero-order valence-electron chi connectivity index (χ0n) is 12.4. The van der Waals surface area contributed by atoms with E-state index in [1.807, 2.05) is 29.2 Å². The number of piperidine rings is 1. The topological polar surface area (TPSA) is 49.4 Å². The quantitative estimate of drug-likeness (QED) is 0.572. The number of rotatable bonds is 5. The second kappa shape index (κ2) is 8.72. The van der Waals surface area contributed by atoms with Crippen molar-refractivity contribution in [2.24, 2.45) is 0 Å². The lowest BCUT2D eigenvalue weighted by Gasteiger charge is -2.32. The third kappa shape index (κ3) is 4.84. The molecule has 0 saturated carbocycles. The van der Waals surface area contributed by atoms with Crippen LogP contribution in [0.1, 0.15) is 36.0 Å². The molecule has 0 aromatic heterocycles. The first-order valence-corrected chi connectivity index (χ1v) is 9.12. The number of carbonyl (C=O) groups excluding carboxylic acids is 2. The van der Waals surface area contributed by atoms with E-state index < -0.39 is 0 Å². The lowest BCUT2D eigenvalue weighted by Crippen LogP contribution is -2.46. The first-order chi connectivity index (χ1) is 10.6. The van der Waals surface area contributed by atoms with Crippen molar-refractivity contribution in [2.45, 2.75) is 31.7 Å². The molecule has 0 aliphatic carbocycles. The predicted octanol–water partition coefficient (Wildman–Crippen LogP) is 3.03. The summed E-state index contributed by atoms with van der Waals surface area (Å²) in [6.45, 7) is 1.37. The van der Waals surface area contributed by atoms with Gasteiger partial charge in [0.05, 0.1) is 5.56 Å². The van der Waals surface area contributed by atoms with Crippen molar-refractivity contribution in [1.82, 2.24) is 10.2 Å². The fourth-order valence-corrected chi connectivity index (χ4v) is 3.31. The van der Waals surface area contributed by atoms with Crippen molar-refractivity contribution < 1.29 is 9.59 Å². The molecule has 1 saturated heterocycles. The van der Waals surface area contributed by atoms with Crippen LogP contribution in [0.5, 0.6) is 0 Å². The number of halogens is 2. The third-order valence-electron chi connectivity index (χ3n) is 3.79. The molecule has 0 bridgehead atoms. The summed E-state index contributed by atoms with van der Waals surface area (Å²) >= 11 is 7.78. The number of hydrogen-bond donors (Lipinski definition) is 1. The molecule has 4 nitrogen and oxygen atoms in total. The lowest BCUT2D eigenvalue weighted by molar-refractivity contribution is -0.122. The Morgan fingerprint density at radius 3 is 2.59 bits per heavy atom. The maximum absolute atomic E-state index is 12.5. The van der Waals surface area contributed by atoms with E-state index in [1.54, 1.807) is 0 Å². The Kier molecular flexibility index (Phi) is 6.95. The first-order valence-electron chi connectivity index (χ1n) is 7.51. The number of hydrogen-bond acceptors (Lipinski definition) is 2. The number of benzene rings is 1. The molecule has 1 heterocycles. The summed E-state index contributed by atoms with van der Waals surface area (Å²) in [5, 5.41) is 3.03. The van der Waals surface area contributed by atoms with Crippen LogP contribution in [0.15, 0.2) is 24.3 Å². The number of nitrogens with one attached hydrogen (secondary N) is 1. The van der Waals surface area contributed by atoms with Crippen molar-refractivity contribution in [3.63, 3.8) is 0 Å². The number of carbonyl (C=O) groups is 2. The smallest absolute Gasteiger partial charge is 0.254 e. The van der Waals surface area contributed by atoms with Gasteiger partial charge in [-0.1, -0.05) is 12.1 Å². The number of amides is 2. The minimum absolute atomic E-state index is 0.0584. The maximum Gasteiger partial charge on any atom is 0.254 e. The van der Waals surface area contributed by atoms with Crippen molar-refractivity contribution >= 4 is 46.0 Å². The number of likely N-dealkylation sites (tertiary alicyclic amines) is 1. The SMILES string of the molecule is O=C(CCCCl)NC1CCN(C(=O)c2ccccc2I)CC1. The van der Waals surface area contributed by atoms with E-state index in [9.17, 15) is 9.59 Å². The van der Waals surface area contributed by atoms with Crippen LogP contribution in [0.4, 0.5) is 0 Å². The van der Waals surface area contributed by atoms with Crippen LogP contribution in [-0.2, 0) is 4.79 Å². The first kappa shape index (κ1) is 17.5. The molecular weight excluding hydrogens is 415 g/mol. The van der Waals surface area contributed by atoms with Gasteiger partial charge in [0.25, 0.3) is 5.91 Å². The molecule has 1 aromatic rings. The van der Waals surface area contributed by atoms with Gasteiger partial charge < -0.3 is 10.2 Å². The van der Waals surface area contributed by atoms with E-state index >= 15 is 0 Å². The largest absolute Gasteiger partial charge is 0.353 e. The molecule has 0 radical (unpaired) electrons. The van der Waals surface area contributed by atoms with Crippen LogP contribution >= 0.6 is 34.2 Å². The van der Waals surface area contributed by atoms with E-state index in [2.05, 4.69) is 27.9 Å². The Hall–Kier alpha value is -0.820. The van der Waals surface area contributed by atoms with Crippen LogP contribution in [0.2, 0.25) is 0 Å². The fraction of sp³-hybridized carbons (Fsp3) is 0.500. The Morgan fingerprint density at radius 1 is 1.27 bits per heavy atom. The molecule has 120 valence electrons. The van der Waals surface area contributed by atoms with Gasteiger partial charge in [-0.25, -0.2) is 0 Å². The van der Waals surface area contributed by atoms with Gasteiger partial charge in [-0.05, 0) is 54.0 Å². The average molecular weight is 435 g/mol. The molecule has 6 heteroatoms. The summed E-state index contributed by atoms with van der Waals surface area (Å²) in [6.07, 6.45) is 2.80. The Balaban J connectivity index is 1.83. The van der Waals surface area contributed by atoms with E-state index in [0.717, 1.165) is 22.0 Å². The van der Waals surface area contributed by atoms with E-state index in [1.165, 1.54) is 0 Å². The summed E-state index contributed by atoms with van der Waals surface area (Å²) in [4.78, 5) is 26.1. The highest BCUT2D eigenvalue weighted by Crippen LogP contribution is 2.18. The van der Waals surface area contributed by atoms with Gasteiger partial charge in [0, 0.05) is 35.0 Å². The van der Waals surface area contributed by atoms with E-state index in [-0.39, 0.29) is 17.9 Å². The molecule has 1 fully saturated rings. The second-order valence-electron chi connectivity index (χ2n) is 5.41. The van der Waals surface area contributed by atoms with Crippen molar-refractivity contribution in [1.29, 1.82) is 0 Å². The zero-order chi connectivity index (χ0) is 15.9. The van der Waals surface area contributed by atoms with Crippen LogP contribution in [0.3, 0.4) is 0 Å². The Bertz CT molecular complexity index is 531. The third-order valence-corrected chi connectivity index (χ3v) is 5.00. The van der Waals surface area contributed by atoms with Gasteiger partial charge in [0.1, 0.15) is 0 Å². The predicted molar refractivity (Wildman–Crippen MR) is 96.2 cm³/mol. The highest BCUT2D eigenvalue weighted by atomic mass is 127. The monoisotopic (exact) mass is 434 g/mol. The molecule has 0 unspecified atom stereocenters. The number of nitrogens with zero attached hydrogens (tertiary/aromatic N) is 1. The molecule has 1 aliphatic heterocycles. The van der Waals surface area contributed by atoms with Gasteiger partial charge in [0.2, 0.25) is 5.91 Å². The molecule has 22 heavy (non-hydrogen) atoms. The van der Waals surface area contributed by atoms with Crippen molar-refractivity contribution in [3.05, 3.63) is 33.4 Å². The molecule has 0 spiro atoms. The van der Waals surface area contributed by atoms with Crippen molar-refractivity contribution in [2.75, 3.05) is 19.0 Å². The Labute approximate surface area is 149 Å². The normalized spacial score (nSPS) is 15.6. The van der Waals surface area contributed by atoms with Gasteiger partial charge in [-0.3, -0.25) is 9.59 Å².